The normalized spacial score (nSPS) is 22.2. The highest BCUT2D eigenvalue weighted by molar-refractivity contribution is 5.79. The molecule has 0 unspecified atom stereocenters. The van der Waals surface area contributed by atoms with Gasteiger partial charge < -0.3 is 24.5 Å². The summed E-state index contributed by atoms with van der Waals surface area (Å²) in [4.78, 5) is 36.7. The van der Waals surface area contributed by atoms with Crippen LogP contribution in [0.5, 0.6) is 0 Å². The maximum absolute atomic E-state index is 12.0. The number of rotatable bonds is 2. The molecule has 7 nitrogen and oxygen atoms in total. The molecule has 1 fully saturated rings. The Morgan fingerprint density at radius 2 is 1.64 bits per heavy atom. The van der Waals surface area contributed by atoms with E-state index in [4.69, 9.17) is 9.47 Å². The zero-order valence-electron chi connectivity index (χ0n) is 14.2. The molecule has 0 saturated carbocycles. The van der Waals surface area contributed by atoms with Crippen molar-refractivity contribution in [1.82, 2.24) is 10.2 Å². The van der Waals surface area contributed by atoms with Crippen molar-refractivity contribution >= 4 is 18.5 Å². The highest BCUT2D eigenvalue weighted by Crippen LogP contribution is 2.22. The monoisotopic (exact) mass is 314 g/mol. The van der Waals surface area contributed by atoms with E-state index in [9.17, 15) is 14.4 Å². The number of alkyl carbamates (subject to hydrolysis) is 1. The van der Waals surface area contributed by atoms with Gasteiger partial charge in [0.1, 0.15) is 23.0 Å². The van der Waals surface area contributed by atoms with E-state index in [1.165, 1.54) is 4.90 Å². The number of nitrogens with zero attached hydrogens (tertiary/aromatic N) is 1. The average Bonchev–Trinajstić information content (AvgIpc) is 2.69. The molecule has 7 heteroatoms. The van der Waals surface area contributed by atoms with Gasteiger partial charge in [-0.2, -0.15) is 0 Å². The molecule has 0 aromatic heterocycles. The summed E-state index contributed by atoms with van der Waals surface area (Å²) in [5.74, 6) is 0. The van der Waals surface area contributed by atoms with Gasteiger partial charge in [0.2, 0.25) is 0 Å². The molecule has 1 rings (SSSR count). The summed E-state index contributed by atoms with van der Waals surface area (Å²) in [7, 11) is 0. The molecule has 1 saturated heterocycles. The highest BCUT2D eigenvalue weighted by atomic mass is 16.6. The van der Waals surface area contributed by atoms with Crippen LogP contribution < -0.4 is 5.32 Å². The molecule has 0 bridgehead atoms. The Kier molecular flexibility index (Phi) is 5.10. The molecule has 0 aromatic rings. The molecule has 2 amide bonds. The van der Waals surface area contributed by atoms with Crippen LogP contribution in [-0.4, -0.2) is 53.2 Å². The van der Waals surface area contributed by atoms with E-state index in [-0.39, 0.29) is 6.54 Å². The minimum Gasteiger partial charge on any atom is -0.444 e. The van der Waals surface area contributed by atoms with E-state index >= 15 is 0 Å². The zero-order chi connectivity index (χ0) is 17.2. The van der Waals surface area contributed by atoms with Crippen LogP contribution in [0.1, 0.15) is 48.0 Å². The minimum atomic E-state index is -1.13. The molecule has 1 heterocycles. The molecule has 0 spiro atoms. The molecule has 1 aliphatic heterocycles. The van der Waals surface area contributed by atoms with Gasteiger partial charge in [0, 0.05) is 6.54 Å². The summed E-state index contributed by atoms with van der Waals surface area (Å²) < 4.78 is 10.4. The van der Waals surface area contributed by atoms with Crippen LogP contribution in [0.3, 0.4) is 0 Å². The number of ether oxygens (including phenoxy) is 2. The van der Waals surface area contributed by atoms with Crippen molar-refractivity contribution in [2.45, 2.75) is 64.7 Å². The highest BCUT2D eigenvalue weighted by Gasteiger charge is 2.43. The van der Waals surface area contributed by atoms with Crippen LogP contribution in [0.15, 0.2) is 0 Å². The van der Waals surface area contributed by atoms with E-state index in [0.717, 1.165) is 0 Å². The third-order valence-electron chi connectivity index (χ3n) is 2.93. The lowest BCUT2D eigenvalue weighted by Gasteiger charge is -2.28. The van der Waals surface area contributed by atoms with Crippen molar-refractivity contribution in [3.8, 4) is 0 Å². The molecule has 1 atom stereocenters. The molecule has 0 aromatic carbocycles. The summed E-state index contributed by atoms with van der Waals surface area (Å²) >= 11 is 0. The Balaban J connectivity index is 2.68. The van der Waals surface area contributed by atoms with Crippen molar-refractivity contribution in [3.63, 3.8) is 0 Å². The molecule has 0 radical (unpaired) electrons. The fraction of sp³-hybridized carbons (Fsp3) is 0.800. The minimum absolute atomic E-state index is 0.0741. The van der Waals surface area contributed by atoms with Crippen molar-refractivity contribution < 1.29 is 23.9 Å². The van der Waals surface area contributed by atoms with Crippen molar-refractivity contribution in [1.29, 1.82) is 0 Å². The second-order valence-corrected chi connectivity index (χ2v) is 7.55. The molecule has 22 heavy (non-hydrogen) atoms. The smallest absolute Gasteiger partial charge is 0.410 e. The second kappa shape index (κ2) is 6.14. The van der Waals surface area contributed by atoms with Gasteiger partial charge >= 0.3 is 12.2 Å². The van der Waals surface area contributed by atoms with Crippen molar-refractivity contribution in [2.24, 2.45) is 0 Å². The van der Waals surface area contributed by atoms with Gasteiger partial charge in [-0.1, -0.05) is 0 Å². The van der Waals surface area contributed by atoms with E-state index in [1.807, 2.05) is 0 Å². The first-order chi connectivity index (χ1) is 9.86. The maximum atomic E-state index is 12.0. The van der Waals surface area contributed by atoms with Crippen molar-refractivity contribution in [3.05, 3.63) is 0 Å². The fourth-order valence-corrected chi connectivity index (χ4v) is 2.05. The van der Waals surface area contributed by atoms with Crippen LogP contribution in [0.4, 0.5) is 9.59 Å². The molecule has 1 N–H and O–H groups in total. The number of hydrogen-bond donors (Lipinski definition) is 1. The Hall–Kier alpha value is -1.79. The number of carbonyl (C=O) groups is 3. The Morgan fingerprint density at radius 1 is 1.09 bits per heavy atom. The first kappa shape index (κ1) is 18.3. The molecule has 0 aliphatic carbocycles. The van der Waals surface area contributed by atoms with Crippen LogP contribution in [0.25, 0.3) is 0 Å². The first-order valence-electron chi connectivity index (χ1n) is 7.31. The number of hydrogen-bond acceptors (Lipinski definition) is 5. The number of nitrogens with one attached hydrogen (secondary N) is 1. The zero-order valence-corrected chi connectivity index (χ0v) is 14.2. The predicted octanol–water partition coefficient (Wildman–Crippen LogP) is 2.09. The number of aldehydes is 1. The van der Waals surface area contributed by atoms with Gasteiger partial charge in [-0.05, 0) is 48.0 Å². The Labute approximate surface area is 131 Å². The maximum Gasteiger partial charge on any atom is 0.410 e. The summed E-state index contributed by atoms with van der Waals surface area (Å²) in [5, 5.41) is 2.57. The van der Waals surface area contributed by atoms with Gasteiger partial charge in [-0.25, -0.2) is 9.59 Å². The largest absolute Gasteiger partial charge is 0.444 e. The lowest BCUT2D eigenvalue weighted by molar-refractivity contribution is -0.113. The standard InChI is InChI=1S/C15H26N2O5/c1-13(2,3)21-11(19)16-15(10-18)7-8-17(9-15)12(20)22-14(4,5)6/h10H,7-9H2,1-6H3,(H,16,19)/t15-/m1/s1. The summed E-state index contributed by atoms with van der Waals surface area (Å²) in [5.41, 5.74) is -2.39. The number of amides is 2. The third kappa shape index (κ3) is 5.54. The Bertz CT molecular complexity index is 450. The molecule has 126 valence electrons. The molecular formula is C15H26N2O5. The summed E-state index contributed by atoms with van der Waals surface area (Å²) in [6.07, 6.45) is -0.191. The van der Waals surface area contributed by atoms with Crippen LogP contribution in [-0.2, 0) is 14.3 Å². The van der Waals surface area contributed by atoms with Gasteiger partial charge in [0.15, 0.2) is 0 Å². The lowest BCUT2D eigenvalue weighted by Crippen LogP contribution is -2.53. The van der Waals surface area contributed by atoms with Crippen LogP contribution in [0.2, 0.25) is 0 Å². The number of carbonyl (C=O) groups excluding carboxylic acids is 3. The first-order valence-corrected chi connectivity index (χ1v) is 7.31. The van der Waals surface area contributed by atoms with Crippen LogP contribution >= 0.6 is 0 Å². The predicted molar refractivity (Wildman–Crippen MR) is 80.6 cm³/mol. The van der Waals surface area contributed by atoms with Gasteiger partial charge in [-0.3, -0.25) is 0 Å². The van der Waals surface area contributed by atoms with Gasteiger partial charge in [0.05, 0.1) is 6.54 Å². The fourth-order valence-electron chi connectivity index (χ4n) is 2.05. The topological polar surface area (TPSA) is 84.9 Å². The molecular weight excluding hydrogens is 288 g/mol. The SMILES string of the molecule is CC(C)(C)OC(=O)N[C@]1(C=O)CCN(C(=O)OC(C)(C)C)C1. The molecule has 1 aliphatic rings. The number of likely N-dealkylation sites (tertiary alicyclic amines) is 1. The van der Waals surface area contributed by atoms with Crippen LogP contribution in [0, 0.1) is 0 Å². The second-order valence-electron chi connectivity index (χ2n) is 7.55. The average molecular weight is 314 g/mol. The van der Waals surface area contributed by atoms with E-state index < -0.39 is 28.9 Å². The van der Waals surface area contributed by atoms with E-state index in [2.05, 4.69) is 5.32 Å². The van der Waals surface area contributed by atoms with Crippen molar-refractivity contribution in [2.75, 3.05) is 13.1 Å². The van der Waals surface area contributed by atoms with Gasteiger partial charge in [-0.15, -0.1) is 0 Å². The summed E-state index contributed by atoms with van der Waals surface area (Å²) in [6, 6.07) is 0. The quantitative estimate of drug-likeness (QED) is 0.789. The van der Waals surface area contributed by atoms with E-state index in [1.54, 1.807) is 41.5 Å². The lowest BCUT2D eigenvalue weighted by atomic mass is 10.0. The van der Waals surface area contributed by atoms with Gasteiger partial charge in [0.25, 0.3) is 0 Å². The Morgan fingerprint density at radius 3 is 2.09 bits per heavy atom. The van der Waals surface area contributed by atoms with E-state index in [0.29, 0.717) is 19.3 Å². The summed E-state index contributed by atoms with van der Waals surface area (Å²) in [6.45, 7) is 10.9. The third-order valence-corrected chi connectivity index (χ3v) is 2.93.